The number of esters is 1. The molecule has 6 nitrogen and oxygen atoms in total. The largest absolute Gasteiger partial charge is 1.00 e. The van der Waals surface area contributed by atoms with Crippen LogP contribution in [-0.4, -0.2) is 29.9 Å². The van der Waals surface area contributed by atoms with Crippen LogP contribution in [0.15, 0.2) is 54.7 Å². The maximum Gasteiger partial charge on any atom is 0.325 e. The van der Waals surface area contributed by atoms with Crippen molar-refractivity contribution in [2.45, 2.75) is 6.92 Å². The Morgan fingerprint density at radius 3 is 2.44 bits per heavy atom. The molecule has 0 spiro atoms. The van der Waals surface area contributed by atoms with Crippen LogP contribution in [0.5, 0.6) is 0 Å². The molecule has 3 rings (SSSR count). The third-order valence-corrected chi connectivity index (χ3v) is 3.75. The lowest BCUT2D eigenvalue weighted by atomic mass is 10.1. The Hall–Kier alpha value is -2.86. The SMILES string of the molecule is COC(=O)CNc1c(-c2ccccc2)[n+](C(C)=O)c2ccccn12.[Cl-]. The van der Waals surface area contributed by atoms with Gasteiger partial charge in [-0.25, -0.2) is 4.79 Å². The highest BCUT2D eigenvalue weighted by atomic mass is 35.5. The van der Waals surface area contributed by atoms with E-state index in [0.717, 1.165) is 11.2 Å². The van der Waals surface area contributed by atoms with Crippen molar-refractivity contribution < 1.29 is 31.3 Å². The number of imidazole rings is 1. The zero-order chi connectivity index (χ0) is 17.1. The average molecular weight is 360 g/mol. The Morgan fingerprint density at radius 2 is 1.80 bits per heavy atom. The van der Waals surface area contributed by atoms with E-state index in [-0.39, 0.29) is 30.8 Å². The van der Waals surface area contributed by atoms with Crippen LogP contribution in [0.2, 0.25) is 0 Å². The maximum atomic E-state index is 12.3. The molecule has 0 unspecified atom stereocenters. The molecule has 3 aromatic rings. The van der Waals surface area contributed by atoms with E-state index in [9.17, 15) is 9.59 Å². The number of anilines is 1. The second-order valence-corrected chi connectivity index (χ2v) is 5.28. The second kappa shape index (κ2) is 7.81. The van der Waals surface area contributed by atoms with E-state index in [4.69, 9.17) is 4.74 Å². The third kappa shape index (κ3) is 3.49. The molecule has 0 bridgehead atoms. The number of carbonyl (C=O) groups excluding carboxylic acids is 2. The molecular weight excluding hydrogens is 342 g/mol. The Labute approximate surface area is 151 Å². The molecule has 1 aromatic carbocycles. The van der Waals surface area contributed by atoms with E-state index in [2.05, 4.69) is 5.32 Å². The highest BCUT2D eigenvalue weighted by Gasteiger charge is 2.29. The van der Waals surface area contributed by atoms with Gasteiger partial charge >= 0.3 is 11.9 Å². The van der Waals surface area contributed by atoms with Crippen LogP contribution in [0.4, 0.5) is 5.82 Å². The second-order valence-electron chi connectivity index (χ2n) is 5.28. The number of halogens is 1. The molecule has 25 heavy (non-hydrogen) atoms. The average Bonchev–Trinajstić information content (AvgIpc) is 2.95. The molecular formula is C18H18ClN3O3. The number of fused-ring (bicyclic) bond motifs is 1. The van der Waals surface area contributed by atoms with Crippen molar-refractivity contribution in [3.63, 3.8) is 0 Å². The molecule has 7 heteroatoms. The number of ether oxygens (including phenoxy) is 1. The quantitative estimate of drug-likeness (QED) is 0.486. The fourth-order valence-corrected chi connectivity index (χ4v) is 2.72. The fourth-order valence-electron chi connectivity index (χ4n) is 2.72. The smallest absolute Gasteiger partial charge is 0.325 e. The first-order chi connectivity index (χ1) is 11.6. The number of aromatic nitrogens is 2. The van der Waals surface area contributed by atoms with Crippen LogP contribution in [0.3, 0.4) is 0 Å². The first kappa shape index (κ1) is 18.5. The van der Waals surface area contributed by atoms with Gasteiger partial charge in [-0.05, 0) is 6.07 Å². The molecule has 0 amide bonds. The number of rotatable bonds is 4. The minimum atomic E-state index is -0.380. The zero-order valence-corrected chi connectivity index (χ0v) is 14.7. The molecule has 130 valence electrons. The highest BCUT2D eigenvalue weighted by Crippen LogP contribution is 2.27. The van der Waals surface area contributed by atoms with Gasteiger partial charge in [0, 0.05) is 18.6 Å². The van der Waals surface area contributed by atoms with Crippen LogP contribution in [0.25, 0.3) is 16.9 Å². The summed E-state index contributed by atoms with van der Waals surface area (Å²) in [6, 6.07) is 15.2. The summed E-state index contributed by atoms with van der Waals surface area (Å²) < 4.78 is 8.19. The van der Waals surface area contributed by atoms with Gasteiger partial charge in [-0.1, -0.05) is 36.4 Å². The first-order valence-electron chi connectivity index (χ1n) is 7.55. The van der Waals surface area contributed by atoms with E-state index in [1.165, 1.54) is 14.0 Å². The minimum absolute atomic E-state index is 0. The molecule has 0 saturated heterocycles. The zero-order valence-electron chi connectivity index (χ0n) is 13.9. The Kier molecular flexibility index (Phi) is 5.77. The summed E-state index contributed by atoms with van der Waals surface area (Å²) in [6.07, 6.45) is 1.85. The normalized spacial score (nSPS) is 10.2. The molecule has 2 aromatic heterocycles. The van der Waals surface area contributed by atoms with Gasteiger partial charge in [-0.3, -0.25) is 4.79 Å². The molecule has 0 radical (unpaired) electrons. The lowest BCUT2D eigenvalue weighted by Crippen LogP contribution is -3.00. The molecule has 2 heterocycles. The predicted molar refractivity (Wildman–Crippen MR) is 89.8 cm³/mol. The van der Waals surface area contributed by atoms with Crippen LogP contribution in [0.1, 0.15) is 11.7 Å². The standard InChI is InChI=1S/C18H18N3O3.ClH/c1-13(22)21-15-10-6-7-11-20(15)18(19-12-16(23)24-2)17(21)14-8-4-3-5-9-14;/h3-11,19H,12H2,1-2H3;1H/q+1;/p-1. The Balaban J connectivity index is 0.00000225. The van der Waals surface area contributed by atoms with E-state index >= 15 is 0 Å². The molecule has 0 aliphatic rings. The van der Waals surface area contributed by atoms with Gasteiger partial charge in [0.25, 0.3) is 5.65 Å². The molecule has 0 aliphatic heterocycles. The number of hydrogen-bond acceptors (Lipinski definition) is 4. The van der Waals surface area contributed by atoms with Gasteiger partial charge in [0.2, 0.25) is 11.5 Å². The summed E-state index contributed by atoms with van der Waals surface area (Å²) in [4.78, 5) is 23.8. The number of methoxy groups -OCH3 is 1. The van der Waals surface area contributed by atoms with Crippen LogP contribution >= 0.6 is 0 Å². The number of hydrogen-bond donors (Lipinski definition) is 1. The molecule has 0 fully saturated rings. The van der Waals surface area contributed by atoms with E-state index < -0.39 is 0 Å². The summed E-state index contributed by atoms with van der Waals surface area (Å²) in [5.41, 5.74) is 2.30. The van der Waals surface area contributed by atoms with Crippen molar-refractivity contribution in [3.8, 4) is 11.3 Å². The number of carbonyl (C=O) groups is 2. The monoisotopic (exact) mass is 359 g/mol. The number of nitrogens with one attached hydrogen (secondary N) is 1. The van der Waals surface area contributed by atoms with Gasteiger partial charge in [-0.15, -0.1) is 0 Å². The van der Waals surface area contributed by atoms with Crippen LogP contribution in [0, 0.1) is 0 Å². The van der Waals surface area contributed by atoms with Crippen LogP contribution < -0.4 is 22.3 Å². The summed E-state index contributed by atoms with van der Waals surface area (Å²) in [5.74, 6) is 0.176. The third-order valence-electron chi connectivity index (χ3n) is 3.75. The summed E-state index contributed by atoms with van der Waals surface area (Å²) in [5, 5.41) is 3.10. The predicted octanol–water partition coefficient (Wildman–Crippen LogP) is -0.857. The molecule has 0 saturated carbocycles. The number of pyridine rings is 1. The lowest BCUT2D eigenvalue weighted by Gasteiger charge is -2.04. The van der Waals surface area contributed by atoms with Crippen molar-refractivity contribution in [3.05, 3.63) is 54.7 Å². The van der Waals surface area contributed by atoms with Crippen molar-refractivity contribution in [2.75, 3.05) is 19.0 Å². The van der Waals surface area contributed by atoms with E-state index in [0.29, 0.717) is 11.5 Å². The molecule has 1 N–H and O–H groups in total. The Bertz CT molecular complexity index is 907. The lowest BCUT2D eigenvalue weighted by molar-refractivity contribution is -0.532. The summed E-state index contributed by atoms with van der Waals surface area (Å²) in [6.45, 7) is 1.53. The van der Waals surface area contributed by atoms with Gasteiger partial charge in [0.1, 0.15) is 6.54 Å². The number of benzene rings is 1. The number of nitrogens with zero attached hydrogens (tertiary/aromatic N) is 2. The summed E-state index contributed by atoms with van der Waals surface area (Å²) in [7, 11) is 1.34. The van der Waals surface area contributed by atoms with E-state index in [1.807, 2.05) is 59.1 Å². The topological polar surface area (TPSA) is 63.7 Å². The van der Waals surface area contributed by atoms with Crippen molar-refractivity contribution >= 4 is 23.3 Å². The summed E-state index contributed by atoms with van der Waals surface area (Å²) >= 11 is 0. The van der Waals surface area contributed by atoms with Crippen LogP contribution in [-0.2, 0) is 9.53 Å². The maximum absolute atomic E-state index is 12.3. The van der Waals surface area contributed by atoms with Gasteiger partial charge < -0.3 is 22.5 Å². The van der Waals surface area contributed by atoms with Gasteiger partial charge in [0.15, 0.2) is 0 Å². The first-order valence-corrected chi connectivity index (χ1v) is 7.55. The van der Waals surface area contributed by atoms with E-state index in [1.54, 1.807) is 4.57 Å². The fraction of sp³-hybridized carbons (Fsp3) is 0.167. The minimum Gasteiger partial charge on any atom is -1.00 e. The highest BCUT2D eigenvalue weighted by molar-refractivity contribution is 5.81. The Morgan fingerprint density at radius 1 is 1.12 bits per heavy atom. The van der Waals surface area contributed by atoms with Crippen molar-refractivity contribution in [1.29, 1.82) is 0 Å². The van der Waals surface area contributed by atoms with Crippen molar-refractivity contribution in [1.82, 2.24) is 4.40 Å². The van der Waals surface area contributed by atoms with Crippen molar-refractivity contribution in [2.24, 2.45) is 0 Å². The molecule has 0 aliphatic carbocycles. The van der Waals surface area contributed by atoms with Gasteiger partial charge in [-0.2, -0.15) is 8.97 Å². The van der Waals surface area contributed by atoms with Gasteiger partial charge in [0.05, 0.1) is 13.3 Å². The molecule has 0 atom stereocenters.